The first-order chi connectivity index (χ1) is 9.86. The molecule has 0 aromatic carbocycles. The van der Waals surface area contributed by atoms with E-state index in [-0.39, 0.29) is 0 Å². The molecular formula is C14H19N5O. The highest BCUT2D eigenvalue weighted by molar-refractivity contribution is 5.34. The number of rotatable bonds is 4. The summed E-state index contributed by atoms with van der Waals surface area (Å²) in [5, 5.41) is 4.30. The Morgan fingerprint density at radius 2 is 2.30 bits per heavy atom. The van der Waals surface area contributed by atoms with Crippen LogP contribution in [-0.4, -0.2) is 39.4 Å². The van der Waals surface area contributed by atoms with Crippen LogP contribution < -0.4 is 9.64 Å². The fourth-order valence-electron chi connectivity index (χ4n) is 2.66. The molecule has 0 spiro atoms. The Balaban J connectivity index is 1.80. The molecule has 2 aromatic heterocycles. The molecular weight excluding hydrogens is 254 g/mol. The van der Waals surface area contributed by atoms with Crippen molar-refractivity contribution in [2.45, 2.75) is 31.8 Å². The van der Waals surface area contributed by atoms with Gasteiger partial charge in [0.15, 0.2) is 0 Å². The zero-order chi connectivity index (χ0) is 13.8. The second kappa shape index (κ2) is 5.90. The van der Waals surface area contributed by atoms with Gasteiger partial charge in [0.25, 0.3) is 0 Å². The van der Waals surface area contributed by atoms with E-state index in [9.17, 15) is 0 Å². The monoisotopic (exact) mass is 273 g/mol. The minimum Gasteiger partial charge on any atom is -0.481 e. The predicted octanol–water partition coefficient (Wildman–Crippen LogP) is 1.74. The van der Waals surface area contributed by atoms with Gasteiger partial charge in [-0.05, 0) is 25.3 Å². The Labute approximate surface area is 118 Å². The molecule has 1 atom stereocenters. The van der Waals surface area contributed by atoms with Crippen LogP contribution in [0.1, 0.15) is 19.3 Å². The van der Waals surface area contributed by atoms with Gasteiger partial charge >= 0.3 is 0 Å². The number of aromatic nitrogens is 4. The van der Waals surface area contributed by atoms with E-state index < -0.39 is 0 Å². The van der Waals surface area contributed by atoms with Gasteiger partial charge in [0.2, 0.25) is 11.8 Å². The van der Waals surface area contributed by atoms with Crippen LogP contribution in [0.15, 0.2) is 30.7 Å². The van der Waals surface area contributed by atoms with Crippen molar-refractivity contribution in [3.05, 3.63) is 30.7 Å². The van der Waals surface area contributed by atoms with E-state index in [1.54, 1.807) is 19.4 Å². The highest BCUT2D eigenvalue weighted by atomic mass is 16.5. The first-order valence-electron chi connectivity index (χ1n) is 6.98. The molecule has 1 saturated heterocycles. The largest absolute Gasteiger partial charge is 0.481 e. The molecule has 0 unspecified atom stereocenters. The number of piperidine rings is 1. The molecule has 3 heterocycles. The van der Waals surface area contributed by atoms with Crippen molar-refractivity contribution >= 4 is 5.95 Å². The van der Waals surface area contributed by atoms with E-state index in [0.29, 0.717) is 11.9 Å². The maximum absolute atomic E-state index is 5.19. The van der Waals surface area contributed by atoms with Crippen LogP contribution in [0.2, 0.25) is 0 Å². The molecule has 1 fully saturated rings. The fourth-order valence-corrected chi connectivity index (χ4v) is 2.66. The topological polar surface area (TPSA) is 56.1 Å². The van der Waals surface area contributed by atoms with E-state index in [4.69, 9.17) is 4.74 Å². The number of hydrogen-bond acceptors (Lipinski definition) is 5. The Hall–Kier alpha value is -2.11. The standard InChI is InChI=1S/C14H19N5O/c1-20-13-6-8-15-14(17-13)19-10-3-2-5-12(19)11-18-9-4-7-16-18/h4,6-9,12H,2-3,5,10-11H2,1H3/t12-/m1/s1. The average Bonchev–Trinajstić information content (AvgIpc) is 3.01. The number of ether oxygens (including phenoxy) is 1. The summed E-state index contributed by atoms with van der Waals surface area (Å²) in [6.45, 7) is 1.85. The van der Waals surface area contributed by atoms with Crippen molar-refractivity contribution in [2.24, 2.45) is 0 Å². The highest BCUT2D eigenvalue weighted by Gasteiger charge is 2.25. The molecule has 20 heavy (non-hydrogen) atoms. The van der Waals surface area contributed by atoms with Gasteiger partial charge in [-0.1, -0.05) is 0 Å². The second-order valence-electron chi connectivity index (χ2n) is 4.97. The summed E-state index contributed by atoms with van der Waals surface area (Å²) < 4.78 is 7.17. The SMILES string of the molecule is COc1ccnc(N2CCCC[C@@H]2Cn2cccn2)n1. The van der Waals surface area contributed by atoms with Gasteiger partial charge in [0, 0.05) is 31.2 Å². The first kappa shape index (κ1) is 12.9. The van der Waals surface area contributed by atoms with Crippen molar-refractivity contribution in [3.63, 3.8) is 0 Å². The summed E-state index contributed by atoms with van der Waals surface area (Å²) in [6, 6.07) is 4.11. The molecule has 0 aliphatic carbocycles. The average molecular weight is 273 g/mol. The van der Waals surface area contributed by atoms with Gasteiger partial charge < -0.3 is 9.64 Å². The summed E-state index contributed by atoms with van der Waals surface area (Å²) in [5.41, 5.74) is 0. The van der Waals surface area contributed by atoms with Crippen LogP contribution in [0, 0.1) is 0 Å². The van der Waals surface area contributed by atoms with Crippen LogP contribution >= 0.6 is 0 Å². The predicted molar refractivity (Wildman–Crippen MR) is 75.8 cm³/mol. The van der Waals surface area contributed by atoms with Gasteiger partial charge in [-0.3, -0.25) is 4.68 Å². The van der Waals surface area contributed by atoms with Crippen molar-refractivity contribution in [1.82, 2.24) is 19.7 Å². The van der Waals surface area contributed by atoms with Crippen molar-refractivity contribution in [1.29, 1.82) is 0 Å². The van der Waals surface area contributed by atoms with E-state index in [1.807, 2.05) is 23.1 Å². The summed E-state index contributed by atoms with van der Waals surface area (Å²) >= 11 is 0. The Morgan fingerprint density at radius 1 is 1.35 bits per heavy atom. The Morgan fingerprint density at radius 3 is 3.10 bits per heavy atom. The van der Waals surface area contributed by atoms with Crippen LogP contribution in [0.3, 0.4) is 0 Å². The molecule has 1 aliphatic rings. The minimum atomic E-state index is 0.385. The Kier molecular flexibility index (Phi) is 3.80. The van der Waals surface area contributed by atoms with E-state index >= 15 is 0 Å². The number of anilines is 1. The zero-order valence-corrected chi connectivity index (χ0v) is 11.6. The molecule has 2 aromatic rings. The maximum atomic E-state index is 5.19. The van der Waals surface area contributed by atoms with Crippen LogP contribution in [0.5, 0.6) is 5.88 Å². The van der Waals surface area contributed by atoms with E-state index in [0.717, 1.165) is 25.5 Å². The third-order valence-electron chi connectivity index (χ3n) is 3.67. The van der Waals surface area contributed by atoms with Crippen molar-refractivity contribution < 1.29 is 4.74 Å². The lowest BCUT2D eigenvalue weighted by Crippen LogP contribution is -2.43. The smallest absolute Gasteiger partial charge is 0.228 e. The third kappa shape index (κ3) is 2.74. The van der Waals surface area contributed by atoms with Gasteiger partial charge in [0.1, 0.15) is 0 Å². The van der Waals surface area contributed by atoms with Crippen molar-refractivity contribution in [2.75, 3.05) is 18.6 Å². The maximum Gasteiger partial charge on any atom is 0.228 e. The van der Waals surface area contributed by atoms with Crippen molar-refractivity contribution in [3.8, 4) is 5.88 Å². The summed E-state index contributed by atoms with van der Waals surface area (Å²) in [5.74, 6) is 1.36. The Bertz CT molecular complexity index is 542. The quantitative estimate of drug-likeness (QED) is 0.849. The van der Waals surface area contributed by atoms with Crippen LogP contribution in [0.4, 0.5) is 5.95 Å². The summed E-state index contributed by atoms with van der Waals surface area (Å²) in [6.07, 6.45) is 9.12. The third-order valence-corrected chi connectivity index (χ3v) is 3.67. The highest BCUT2D eigenvalue weighted by Crippen LogP contribution is 2.23. The number of hydrogen-bond donors (Lipinski definition) is 0. The molecule has 1 aliphatic heterocycles. The molecule has 6 heteroatoms. The normalized spacial score (nSPS) is 19.1. The molecule has 106 valence electrons. The molecule has 0 radical (unpaired) electrons. The molecule has 3 rings (SSSR count). The lowest BCUT2D eigenvalue weighted by molar-refractivity contribution is 0.381. The second-order valence-corrected chi connectivity index (χ2v) is 4.97. The van der Waals surface area contributed by atoms with E-state index in [1.165, 1.54) is 12.8 Å². The lowest BCUT2D eigenvalue weighted by atomic mass is 10.0. The van der Waals surface area contributed by atoms with Gasteiger partial charge in [-0.15, -0.1) is 0 Å². The molecule has 0 N–H and O–H groups in total. The minimum absolute atomic E-state index is 0.385. The molecule has 0 bridgehead atoms. The first-order valence-corrected chi connectivity index (χ1v) is 6.98. The molecule has 0 saturated carbocycles. The van der Waals surface area contributed by atoms with Crippen LogP contribution in [0.25, 0.3) is 0 Å². The van der Waals surface area contributed by atoms with Gasteiger partial charge in [0.05, 0.1) is 19.7 Å². The van der Waals surface area contributed by atoms with Gasteiger partial charge in [-0.25, -0.2) is 4.98 Å². The number of methoxy groups -OCH3 is 1. The van der Waals surface area contributed by atoms with Gasteiger partial charge in [-0.2, -0.15) is 10.1 Å². The molecule has 0 amide bonds. The summed E-state index contributed by atoms with van der Waals surface area (Å²) in [7, 11) is 1.63. The van der Waals surface area contributed by atoms with E-state index in [2.05, 4.69) is 20.0 Å². The zero-order valence-electron chi connectivity index (χ0n) is 11.6. The lowest BCUT2D eigenvalue weighted by Gasteiger charge is -2.35. The molecule has 6 nitrogen and oxygen atoms in total. The number of nitrogens with zero attached hydrogens (tertiary/aromatic N) is 5. The fraction of sp³-hybridized carbons (Fsp3) is 0.500. The summed E-state index contributed by atoms with van der Waals surface area (Å²) in [4.78, 5) is 11.1. The van der Waals surface area contributed by atoms with Crippen LogP contribution in [-0.2, 0) is 6.54 Å².